The Kier molecular flexibility index (Phi) is 9.06. The van der Waals surface area contributed by atoms with Gasteiger partial charge in [-0.3, -0.25) is 24.3 Å². The molecule has 8 nitrogen and oxygen atoms in total. The van der Waals surface area contributed by atoms with E-state index in [-0.39, 0.29) is 30.1 Å². The van der Waals surface area contributed by atoms with Crippen molar-refractivity contribution < 1.29 is 14.4 Å². The monoisotopic (exact) mass is 491 g/mol. The van der Waals surface area contributed by atoms with Gasteiger partial charge in [-0.15, -0.1) is 0 Å². The van der Waals surface area contributed by atoms with Crippen LogP contribution in [0.5, 0.6) is 0 Å². The maximum absolute atomic E-state index is 13.4. The first kappa shape index (κ1) is 25.8. The normalized spacial score (nSPS) is 20.4. The maximum Gasteiger partial charge on any atom is 0.255 e. The van der Waals surface area contributed by atoms with Crippen LogP contribution in [-0.2, 0) is 16.1 Å². The summed E-state index contributed by atoms with van der Waals surface area (Å²) in [7, 11) is 0. The van der Waals surface area contributed by atoms with Crippen molar-refractivity contribution in [2.45, 2.75) is 39.2 Å². The number of hydrogen-bond donors (Lipinski definition) is 1. The van der Waals surface area contributed by atoms with Gasteiger partial charge in [0.2, 0.25) is 11.8 Å². The Morgan fingerprint density at radius 3 is 2.47 bits per heavy atom. The number of aromatic nitrogens is 1. The summed E-state index contributed by atoms with van der Waals surface area (Å²) in [6, 6.07) is 12.1. The molecule has 3 amide bonds. The summed E-state index contributed by atoms with van der Waals surface area (Å²) in [5, 5.41) is 2.94. The SMILES string of the molecule is Cc1ccc(CN2CCN(C(=O)C3CCCN(C(=O)c4cccnc4)CCC(=O)NCC3)CC2)cc1. The van der Waals surface area contributed by atoms with Crippen molar-refractivity contribution in [2.24, 2.45) is 5.92 Å². The molecular formula is C28H37N5O3. The zero-order valence-corrected chi connectivity index (χ0v) is 21.2. The zero-order chi connectivity index (χ0) is 25.3. The molecule has 1 atom stereocenters. The van der Waals surface area contributed by atoms with Crippen LogP contribution in [-0.4, -0.2) is 83.2 Å². The van der Waals surface area contributed by atoms with Crippen LogP contribution in [0.2, 0.25) is 0 Å². The quantitative estimate of drug-likeness (QED) is 0.710. The second kappa shape index (κ2) is 12.6. The Morgan fingerprint density at radius 1 is 0.972 bits per heavy atom. The summed E-state index contributed by atoms with van der Waals surface area (Å²) < 4.78 is 0. The highest BCUT2D eigenvalue weighted by Gasteiger charge is 2.28. The fourth-order valence-corrected chi connectivity index (χ4v) is 4.95. The summed E-state index contributed by atoms with van der Waals surface area (Å²) in [5.41, 5.74) is 3.07. The van der Waals surface area contributed by atoms with Gasteiger partial charge in [-0.05, 0) is 43.9 Å². The van der Waals surface area contributed by atoms with Crippen LogP contribution in [0.3, 0.4) is 0 Å². The number of carbonyl (C=O) groups excluding carboxylic acids is 3. The first-order valence-electron chi connectivity index (χ1n) is 13.0. The van der Waals surface area contributed by atoms with Crippen molar-refractivity contribution in [1.29, 1.82) is 0 Å². The Hall–Kier alpha value is -3.26. The largest absolute Gasteiger partial charge is 0.356 e. The summed E-state index contributed by atoms with van der Waals surface area (Å²) in [6.45, 7) is 7.52. The highest BCUT2D eigenvalue weighted by atomic mass is 16.2. The third kappa shape index (κ3) is 7.13. The Bertz CT molecular complexity index is 1020. The number of nitrogens with one attached hydrogen (secondary N) is 1. The molecule has 2 saturated heterocycles. The topological polar surface area (TPSA) is 85.8 Å². The number of pyridine rings is 1. The third-order valence-corrected chi connectivity index (χ3v) is 7.16. The highest BCUT2D eigenvalue weighted by molar-refractivity contribution is 5.94. The van der Waals surface area contributed by atoms with Crippen LogP contribution in [0, 0.1) is 12.8 Å². The van der Waals surface area contributed by atoms with Crippen molar-refractivity contribution >= 4 is 17.7 Å². The Morgan fingerprint density at radius 2 is 1.75 bits per heavy atom. The van der Waals surface area contributed by atoms with Crippen molar-refractivity contribution in [1.82, 2.24) is 25.0 Å². The number of benzene rings is 1. The van der Waals surface area contributed by atoms with E-state index in [0.29, 0.717) is 38.0 Å². The first-order chi connectivity index (χ1) is 17.5. The number of carbonyl (C=O) groups is 3. The summed E-state index contributed by atoms with van der Waals surface area (Å²) in [5.74, 6) is -0.189. The molecule has 192 valence electrons. The predicted octanol–water partition coefficient (Wildman–Crippen LogP) is 2.48. The van der Waals surface area contributed by atoms with E-state index in [1.807, 2.05) is 4.90 Å². The molecule has 1 aromatic heterocycles. The molecular weight excluding hydrogens is 454 g/mol. The molecule has 2 fully saturated rings. The maximum atomic E-state index is 13.4. The molecule has 0 aliphatic carbocycles. The van der Waals surface area contributed by atoms with Crippen LogP contribution < -0.4 is 5.32 Å². The van der Waals surface area contributed by atoms with Crippen LogP contribution in [0.4, 0.5) is 0 Å². The van der Waals surface area contributed by atoms with Crippen LogP contribution in [0.1, 0.15) is 47.2 Å². The van der Waals surface area contributed by atoms with Crippen LogP contribution in [0.25, 0.3) is 0 Å². The van der Waals surface area contributed by atoms with Gasteiger partial charge in [0.25, 0.3) is 5.91 Å². The van der Waals surface area contributed by atoms with E-state index in [9.17, 15) is 14.4 Å². The van der Waals surface area contributed by atoms with E-state index in [0.717, 1.165) is 39.1 Å². The van der Waals surface area contributed by atoms with E-state index in [4.69, 9.17) is 0 Å². The standard InChI is InChI=1S/C28H37N5O3/c1-22-6-8-23(9-7-22)21-31-16-18-33(19-17-31)27(35)24-5-3-14-32(15-11-26(34)30-13-10-24)28(36)25-4-2-12-29-20-25/h2,4,6-9,12,20,24H,3,5,10-11,13-19,21H2,1H3,(H,30,34). The van der Waals surface area contributed by atoms with Gasteiger partial charge in [0, 0.05) is 77.1 Å². The van der Waals surface area contributed by atoms with Crippen LogP contribution in [0.15, 0.2) is 48.8 Å². The minimum atomic E-state index is -0.151. The lowest BCUT2D eigenvalue weighted by Gasteiger charge is -2.36. The van der Waals surface area contributed by atoms with E-state index in [2.05, 4.69) is 46.4 Å². The molecule has 0 saturated carbocycles. The third-order valence-electron chi connectivity index (χ3n) is 7.16. The molecule has 0 bridgehead atoms. The van der Waals surface area contributed by atoms with Gasteiger partial charge < -0.3 is 15.1 Å². The molecule has 36 heavy (non-hydrogen) atoms. The summed E-state index contributed by atoms with van der Waals surface area (Å²) in [4.78, 5) is 48.9. The highest BCUT2D eigenvalue weighted by Crippen LogP contribution is 2.19. The molecule has 1 N–H and O–H groups in total. The van der Waals surface area contributed by atoms with Gasteiger partial charge in [0.1, 0.15) is 0 Å². The lowest BCUT2D eigenvalue weighted by atomic mass is 9.96. The van der Waals surface area contributed by atoms with E-state index >= 15 is 0 Å². The average Bonchev–Trinajstić information content (AvgIpc) is 2.95. The molecule has 4 rings (SSSR count). The minimum absolute atomic E-state index is 0.0863. The number of nitrogens with zero attached hydrogens (tertiary/aromatic N) is 4. The van der Waals surface area contributed by atoms with Crippen LogP contribution >= 0.6 is 0 Å². The van der Waals surface area contributed by atoms with Crippen molar-refractivity contribution in [3.05, 3.63) is 65.5 Å². The van der Waals surface area contributed by atoms with Gasteiger partial charge in [-0.25, -0.2) is 0 Å². The predicted molar refractivity (Wildman–Crippen MR) is 138 cm³/mol. The van der Waals surface area contributed by atoms with E-state index in [1.165, 1.54) is 11.1 Å². The molecule has 0 radical (unpaired) electrons. The van der Waals surface area contributed by atoms with Gasteiger partial charge in [0.05, 0.1) is 5.56 Å². The number of piperazine rings is 1. The Balaban J connectivity index is 1.32. The van der Waals surface area contributed by atoms with Crippen molar-refractivity contribution in [3.8, 4) is 0 Å². The van der Waals surface area contributed by atoms with Crippen molar-refractivity contribution in [2.75, 3.05) is 45.8 Å². The van der Waals surface area contributed by atoms with E-state index in [1.54, 1.807) is 29.4 Å². The second-order valence-corrected chi connectivity index (χ2v) is 9.85. The van der Waals surface area contributed by atoms with Gasteiger partial charge >= 0.3 is 0 Å². The van der Waals surface area contributed by atoms with Crippen molar-refractivity contribution in [3.63, 3.8) is 0 Å². The number of hydrogen-bond acceptors (Lipinski definition) is 5. The molecule has 1 unspecified atom stereocenters. The van der Waals surface area contributed by atoms with Gasteiger partial charge in [0.15, 0.2) is 0 Å². The zero-order valence-electron chi connectivity index (χ0n) is 21.2. The smallest absolute Gasteiger partial charge is 0.255 e. The molecule has 2 aromatic rings. The molecule has 2 aliphatic rings. The molecule has 0 spiro atoms. The fourth-order valence-electron chi connectivity index (χ4n) is 4.95. The summed E-state index contributed by atoms with van der Waals surface area (Å²) >= 11 is 0. The molecule has 8 heteroatoms. The van der Waals surface area contributed by atoms with Gasteiger partial charge in [-0.1, -0.05) is 29.8 Å². The number of amides is 3. The Labute approximate surface area is 213 Å². The molecule has 2 aliphatic heterocycles. The number of rotatable bonds is 4. The van der Waals surface area contributed by atoms with E-state index < -0.39 is 0 Å². The average molecular weight is 492 g/mol. The second-order valence-electron chi connectivity index (χ2n) is 9.85. The lowest BCUT2D eigenvalue weighted by molar-refractivity contribution is -0.138. The molecule has 3 heterocycles. The molecule has 1 aromatic carbocycles. The van der Waals surface area contributed by atoms with Gasteiger partial charge in [-0.2, -0.15) is 0 Å². The summed E-state index contributed by atoms with van der Waals surface area (Å²) in [6.07, 6.45) is 5.51. The minimum Gasteiger partial charge on any atom is -0.356 e. The number of aryl methyl sites for hydroxylation is 1. The lowest BCUT2D eigenvalue weighted by Crippen LogP contribution is -2.50. The fraction of sp³-hybridized carbons (Fsp3) is 0.500. The first-order valence-corrected chi connectivity index (χ1v) is 13.0.